The number of benzene rings is 1. The average molecular weight is 334 g/mol. The summed E-state index contributed by atoms with van der Waals surface area (Å²) < 4.78 is 0. The molecule has 2 saturated heterocycles. The summed E-state index contributed by atoms with van der Waals surface area (Å²) in [5, 5.41) is 6.11. The van der Waals surface area contributed by atoms with E-state index in [9.17, 15) is 9.59 Å². The fourth-order valence-corrected chi connectivity index (χ4v) is 3.77. The summed E-state index contributed by atoms with van der Waals surface area (Å²) in [4.78, 5) is 27.6. The molecule has 6 nitrogen and oxygen atoms in total. The van der Waals surface area contributed by atoms with Crippen LogP contribution in [0.25, 0.3) is 0 Å². The minimum atomic E-state index is -0.0978. The Morgan fingerprint density at radius 3 is 2.43 bits per heavy atom. The summed E-state index contributed by atoms with van der Waals surface area (Å²) in [5.74, 6) is 1.83. The van der Waals surface area contributed by atoms with Gasteiger partial charge < -0.3 is 15.1 Å². The summed E-state index contributed by atoms with van der Waals surface area (Å²) in [6, 6.07) is 7.82. The Morgan fingerprint density at radius 2 is 1.87 bits per heavy atom. The predicted molar refractivity (Wildman–Crippen MR) is 93.8 cm³/mol. The number of hydrogen-bond acceptors (Lipinski definition) is 5. The van der Waals surface area contributed by atoms with Gasteiger partial charge in [-0.1, -0.05) is 0 Å². The van der Waals surface area contributed by atoms with Crippen LogP contribution in [0, 0.1) is 0 Å². The number of piperazine rings is 1. The van der Waals surface area contributed by atoms with Crippen LogP contribution in [0.5, 0.6) is 0 Å². The van der Waals surface area contributed by atoms with Crippen LogP contribution in [-0.2, 0) is 9.59 Å². The van der Waals surface area contributed by atoms with Gasteiger partial charge in [0.25, 0.3) is 0 Å². The first kappa shape index (κ1) is 16.1. The molecule has 0 aromatic heterocycles. The van der Waals surface area contributed by atoms with Crippen LogP contribution in [0.2, 0.25) is 0 Å². The van der Waals surface area contributed by atoms with E-state index in [4.69, 9.17) is 0 Å². The monoisotopic (exact) mass is 334 g/mol. The summed E-state index contributed by atoms with van der Waals surface area (Å²) in [7, 11) is 0. The molecule has 1 atom stereocenters. The van der Waals surface area contributed by atoms with Crippen molar-refractivity contribution >= 4 is 35.0 Å². The van der Waals surface area contributed by atoms with Gasteiger partial charge in [-0.2, -0.15) is 0 Å². The maximum absolute atomic E-state index is 12.1. The molecule has 0 saturated carbocycles. The molecular weight excluding hydrogens is 312 g/mol. The zero-order chi connectivity index (χ0) is 16.2. The predicted octanol–water partition coefficient (Wildman–Crippen LogP) is 0.956. The SMILES string of the molecule is CC(=O)N1CCN(c2ccc(NC(=O)C3CSCN3)cc2)CC1. The van der Waals surface area contributed by atoms with Crippen LogP contribution in [0.15, 0.2) is 24.3 Å². The van der Waals surface area contributed by atoms with Gasteiger partial charge in [-0.3, -0.25) is 14.9 Å². The zero-order valence-corrected chi connectivity index (χ0v) is 14.1. The molecule has 0 aliphatic carbocycles. The lowest BCUT2D eigenvalue weighted by Gasteiger charge is -2.35. The number of thioether (sulfide) groups is 1. The molecule has 1 aromatic carbocycles. The van der Waals surface area contributed by atoms with Crippen molar-refractivity contribution < 1.29 is 9.59 Å². The second-order valence-electron chi connectivity index (χ2n) is 5.80. The maximum Gasteiger partial charge on any atom is 0.242 e. The smallest absolute Gasteiger partial charge is 0.242 e. The van der Waals surface area contributed by atoms with Gasteiger partial charge in [0.2, 0.25) is 11.8 Å². The zero-order valence-electron chi connectivity index (χ0n) is 13.2. The van der Waals surface area contributed by atoms with E-state index in [0.717, 1.165) is 49.2 Å². The third kappa shape index (κ3) is 3.97. The van der Waals surface area contributed by atoms with Crippen molar-refractivity contribution in [1.82, 2.24) is 10.2 Å². The number of nitrogens with zero attached hydrogens (tertiary/aromatic N) is 2. The number of anilines is 2. The highest BCUT2D eigenvalue weighted by Crippen LogP contribution is 2.20. The standard InChI is InChI=1S/C16H22N4O2S/c1-12(21)19-6-8-20(9-7-19)14-4-2-13(3-5-14)18-16(22)15-10-23-11-17-15/h2-5,15,17H,6-11H2,1H3,(H,18,22). The molecule has 2 aliphatic rings. The average Bonchev–Trinajstić information content (AvgIpc) is 3.10. The van der Waals surface area contributed by atoms with E-state index in [2.05, 4.69) is 15.5 Å². The molecule has 2 N–H and O–H groups in total. The number of nitrogens with one attached hydrogen (secondary N) is 2. The second-order valence-corrected chi connectivity index (χ2v) is 6.83. The van der Waals surface area contributed by atoms with Gasteiger partial charge in [0.1, 0.15) is 0 Å². The Bertz CT molecular complexity index is 564. The molecule has 0 spiro atoms. The third-order valence-corrected chi connectivity index (χ3v) is 5.20. The fraction of sp³-hybridized carbons (Fsp3) is 0.500. The lowest BCUT2D eigenvalue weighted by atomic mass is 10.2. The molecule has 2 amide bonds. The van der Waals surface area contributed by atoms with Gasteiger partial charge in [0.05, 0.1) is 6.04 Å². The quantitative estimate of drug-likeness (QED) is 0.862. The Morgan fingerprint density at radius 1 is 1.17 bits per heavy atom. The lowest BCUT2D eigenvalue weighted by Crippen LogP contribution is -2.48. The van der Waals surface area contributed by atoms with Crippen LogP contribution >= 0.6 is 11.8 Å². The molecular formula is C16H22N4O2S. The number of hydrogen-bond donors (Lipinski definition) is 2. The molecule has 124 valence electrons. The molecule has 0 bridgehead atoms. The Labute approximate surface area is 140 Å². The van der Waals surface area contributed by atoms with E-state index in [0.29, 0.717) is 0 Å². The molecule has 3 rings (SSSR count). The normalized spacial score (nSPS) is 21.3. The number of carbonyl (C=O) groups excluding carboxylic acids is 2. The van der Waals surface area contributed by atoms with Crippen LogP contribution in [0.3, 0.4) is 0 Å². The van der Waals surface area contributed by atoms with Crippen molar-refractivity contribution in [1.29, 1.82) is 0 Å². The van der Waals surface area contributed by atoms with Crippen LogP contribution < -0.4 is 15.5 Å². The van der Waals surface area contributed by atoms with Gasteiger partial charge in [-0.25, -0.2) is 0 Å². The molecule has 2 fully saturated rings. The van der Waals surface area contributed by atoms with Gasteiger partial charge in [-0.15, -0.1) is 11.8 Å². The highest BCUT2D eigenvalue weighted by Gasteiger charge is 2.22. The second kappa shape index (κ2) is 7.23. The molecule has 1 aromatic rings. The van der Waals surface area contributed by atoms with Crippen molar-refractivity contribution in [3.05, 3.63) is 24.3 Å². The van der Waals surface area contributed by atoms with E-state index in [1.54, 1.807) is 18.7 Å². The minimum Gasteiger partial charge on any atom is -0.368 e. The molecule has 2 heterocycles. The van der Waals surface area contributed by atoms with Crippen molar-refractivity contribution in [3.8, 4) is 0 Å². The highest BCUT2D eigenvalue weighted by atomic mass is 32.2. The molecule has 23 heavy (non-hydrogen) atoms. The van der Waals surface area contributed by atoms with Crippen molar-refractivity contribution in [2.75, 3.05) is 48.0 Å². The first-order valence-corrected chi connectivity index (χ1v) is 9.01. The van der Waals surface area contributed by atoms with E-state index >= 15 is 0 Å². The van der Waals surface area contributed by atoms with E-state index in [1.165, 1.54) is 0 Å². The summed E-state index contributed by atoms with van der Waals surface area (Å²) in [6.07, 6.45) is 0. The summed E-state index contributed by atoms with van der Waals surface area (Å²) >= 11 is 1.74. The number of amides is 2. The largest absolute Gasteiger partial charge is 0.368 e. The van der Waals surface area contributed by atoms with Crippen LogP contribution in [0.4, 0.5) is 11.4 Å². The number of carbonyl (C=O) groups is 2. The summed E-state index contributed by atoms with van der Waals surface area (Å²) in [5.41, 5.74) is 1.94. The summed E-state index contributed by atoms with van der Waals surface area (Å²) in [6.45, 7) is 4.82. The van der Waals surface area contributed by atoms with Gasteiger partial charge in [0, 0.05) is 56.1 Å². The molecule has 0 radical (unpaired) electrons. The minimum absolute atomic E-state index is 0.0258. The van der Waals surface area contributed by atoms with Gasteiger partial charge >= 0.3 is 0 Å². The van der Waals surface area contributed by atoms with Crippen molar-refractivity contribution in [2.24, 2.45) is 0 Å². The first-order valence-electron chi connectivity index (χ1n) is 7.86. The Balaban J connectivity index is 1.55. The maximum atomic E-state index is 12.1. The first-order chi connectivity index (χ1) is 11.1. The van der Waals surface area contributed by atoms with Crippen LogP contribution in [0.1, 0.15) is 6.92 Å². The van der Waals surface area contributed by atoms with E-state index in [-0.39, 0.29) is 17.9 Å². The highest BCUT2D eigenvalue weighted by molar-refractivity contribution is 7.99. The molecule has 7 heteroatoms. The van der Waals surface area contributed by atoms with Crippen LogP contribution in [-0.4, -0.2) is 60.6 Å². The Hall–Kier alpha value is -1.73. The van der Waals surface area contributed by atoms with E-state index < -0.39 is 0 Å². The van der Waals surface area contributed by atoms with Crippen molar-refractivity contribution in [3.63, 3.8) is 0 Å². The fourth-order valence-electron chi connectivity index (χ4n) is 2.83. The topological polar surface area (TPSA) is 64.7 Å². The third-order valence-electron chi connectivity index (χ3n) is 4.26. The number of rotatable bonds is 3. The molecule has 1 unspecified atom stereocenters. The lowest BCUT2D eigenvalue weighted by molar-refractivity contribution is -0.129. The molecule has 2 aliphatic heterocycles. The van der Waals surface area contributed by atoms with E-state index in [1.807, 2.05) is 29.2 Å². The van der Waals surface area contributed by atoms with Gasteiger partial charge in [-0.05, 0) is 24.3 Å². The van der Waals surface area contributed by atoms with Gasteiger partial charge in [0.15, 0.2) is 0 Å². The Kier molecular flexibility index (Phi) is 5.07. The van der Waals surface area contributed by atoms with Crippen molar-refractivity contribution in [2.45, 2.75) is 13.0 Å².